The van der Waals surface area contributed by atoms with Crippen molar-refractivity contribution < 1.29 is 0 Å². The molecule has 84 valence electrons. The summed E-state index contributed by atoms with van der Waals surface area (Å²) in [6, 6.07) is 0. The van der Waals surface area contributed by atoms with Gasteiger partial charge in [0.25, 0.3) is 0 Å². The number of piperidine rings is 1. The van der Waals surface area contributed by atoms with Crippen LogP contribution in [0.1, 0.15) is 12.8 Å². The average Bonchev–Trinajstić information content (AvgIpc) is 2.65. The molecular formula is C11H20N4. The number of nitrogens with one attached hydrogen (secondary N) is 1. The van der Waals surface area contributed by atoms with Gasteiger partial charge in [-0.05, 0) is 32.4 Å². The molecule has 1 aliphatic heterocycles. The molecule has 1 atom stereocenters. The molecule has 2 rings (SSSR count). The van der Waals surface area contributed by atoms with Crippen molar-refractivity contribution in [3.63, 3.8) is 0 Å². The van der Waals surface area contributed by atoms with Gasteiger partial charge in [0.1, 0.15) is 0 Å². The SMILES string of the molecule is CNCC1CCCN(c2nccn2C)C1. The molecule has 1 aromatic rings. The van der Waals surface area contributed by atoms with Crippen molar-refractivity contribution in [3.8, 4) is 0 Å². The lowest BCUT2D eigenvalue weighted by molar-refractivity contribution is 0.398. The van der Waals surface area contributed by atoms with E-state index in [1.54, 1.807) is 0 Å². The molecule has 0 radical (unpaired) electrons. The van der Waals surface area contributed by atoms with Crippen molar-refractivity contribution in [2.45, 2.75) is 12.8 Å². The number of nitrogens with zero attached hydrogens (tertiary/aromatic N) is 3. The van der Waals surface area contributed by atoms with Crippen molar-refractivity contribution >= 4 is 5.95 Å². The fourth-order valence-corrected chi connectivity index (χ4v) is 2.36. The van der Waals surface area contributed by atoms with E-state index >= 15 is 0 Å². The number of aromatic nitrogens is 2. The Morgan fingerprint density at radius 1 is 1.60 bits per heavy atom. The molecule has 1 aromatic heterocycles. The lowest BCUT2D eigenvalue weighted by atomic mass is 9.98. The third-order valence-corrected chi connectivity index (χ3v) is 3.09. The normalized spacial score (nSPS) is 22.0. The van der Waals surface area contributed by atoms with Crippen LogP contribution in [0.15, 0.2) is 12.4 Å². The largest absolute Gasteiger partial charge is 0.342 e. The summed E-state index contributed by atoms with van der Waals surface area (Å²) in [5.74, 6) is 1.87. The third-order valence-electron chi connectivity index (χ3n) is 3.09. The van der Waals surface area contributed by atoms with Crippen molar-refractivity contribution in [2.75, 3.05) is 31.6 Å². The Balaban J connectivity index is 2.01. The summed E-state index contributed by atoms with van der Waals surface area (Å²) in [6.07, 6.45) is 6.50. The predicted molar refractivity (Wildman–Crippen MR) is 62.1 cm³/mol. The van der Waals surface area contributed by atoms with Crippen LogP contribution in [0.3, 0.4) is 0 Å². The number of imidazole rings is 1. The maximum Gasteiger partial charge on any atom is 0.205 e. The first-order valence-electron chi connectivity index (χ1n) is 5.68. The first-order chi connectivity index (χ1) is 7.31. The van der Waals surface area contributed by atoms with Crippen LogP contribution in [0.25, 0.3) is 0 Å². The monoisotopic (exact) mass is 208 g/mol. The molecule has 2 heterocycles. The second-order valence-electron chi connectivity index (χ2n) is 4.35. The number of rotatable bonds is 3. The zero-order chi connectivity index (χ0) is 10.7. The van der Waals surface area contributed by atoms with Crippen molar-refractivity contribution in [1.29, 1.82) is 0 Å². The van der Waals surface area contributed by atoms with Crippen molar-refractivity contribution in [2.24, 2.45) is 13.0 Å². The van der Waals surface area contributed by atoms with E-state index in [0.29, 0.717) is 0 Å². The lowest BCUT2D eigenvalue weighted by Gasteiger charge is -2.33. The highest BCUT2D eigenvalue weighted by atomic mass is 15.3. The second kappa shape index (κ2) is 4.66. The van der Waals surface area contributed by atoms with Crippen LogP contribution >= 0.6 is 0 Å². The molecule has 1 N–H and O–H groups in total. The minimum atomic E-state index is 0.764. The summed E-state index contributed by atoms with van der Waals surface area (Å²) < 4.78 is 2.10. The fraction of sp³-hybridized carbons (Fsp3) is 0.727. The number of aryl methyl sites for hydroxylation is 1. The Morgan fingerprint density at radius 2 is 2.47 bits per heavy atom. The van der Waals surface area contributed by atoms with Gasteiger partial charge in [0.2, 0.25) is 5.95 Å². The molecular weight excluding hydrogens is 188 g/mol. The van der Waals surface area contributed by atoms with Gasteiger partial charge >= 0.3 is 0 Å². The summed E-state index contributed by atoms with van der Waals surface area (Å²) in [4.78, 5) is 6.80. The highest BCUT2D eigenvalue weighted by Gasteiger charge is 2.21. The molecule has 1 saturated heterocycles. The van der Waals surface area contributed by atoms with E-state index in [1.165, 1.54) is 12.8 Å². The molecule has 15 heavy (non-hydrogen) atoms. The van der Waals surface area contributed by atoms with Gasteiger partial charge in [0, 0.05) is 32.5 Å². The molecule has 0 amide bonds. The quantitative estimate of drug-likeness (QED) is 0.799. The Morgan fingerprint density at radius 3 is 3.13 bits per heavy atom. The zero-order valence-electron chi connectivity index (χ0n) is 9.61. The van der Waals surface area contributed by atoms with Crippen LogP contribution in [0.4, 0.5) is 5.95 Å². The van der Waals surface area contributed by atoms with E-state index in [1.807, 2.05) is 19.4 Å². The molecule has 1 aliphatic rings. The topological polar surface area (TPSA) is 33.1 Å². The smallest absolute Gasteiger partial charge is 0.205 e. The second-order valence-corrected chi connectivity index (χ2v) is 4.35. The van der Waals surface area contributed by atoms with Gasteiger partial charge in [-0.15, -0.1) is 0 Å². The van der Waals surface area contributed by atoms with Crippen LogP contribution in [-0.2, 0) is 7.05 Å². The minimum absolute atomic E-state index is 0.764. The molecule has 0 aliphatic carbocycles. The Hall–Kier alpha value is -1.03. The molecule has 0 saturated carbocycles. The van der Waals surface area contributed by atoms with Crippen LogP contribution in [0.2, 0.25) is 0 Å². The van der Waals surface area contributed by atoms with Gasteiger partial charge in [0.05, 0.1) is 0 Å². The number of hydrogen-bond acceptors (Lipinski definition) is 3. The summed E-state index contributed by atoms with van der Waals surface area (Å²) in [5.41, 5.74) is 0. The van der Waals surface area contributed by atoms with E-state index in [2.05, 4.69) is 26.8 Å². The van der Waals surface area contributed by atoms with Gasteiger partial charge in [0.15, 0.2) is 0 Å². The van der Waals surface area contributed by atoms with Crippen molar-refractivity contribution in [1.82, 2.24) is 14.9 Å². The number of anilines is 1. The first-order valence-corrected chi connectivity index (χ1v) is 5.68. The van der Waals surface area contributed by atoms with Crippen LogP contribution < -0.4 is 10.2 Å². The highest BCUT2D eigenvalue weighted by molar-refractivity contribution is 5.31. The van der Waals surface area contributed by atoms with E-state index in [9.17, 15) is 0 Å². The molecule has 4 heteroatoms. The van der Waals surface area contributed by atoms with Crippen molar-refractivity contribution in [3.05, 3.63) is 12.4 Å². The maximum absolute atomic E-state index is 4.40. The molecule has 0 aromatic carbocycles. The summed E-state index contributed by atoms with van der Waals surface area (Å²) in [5, 5.41) is 3.26. The maximum atomic E-state index is 4.40. The van der Waals surface area contributed by atoms with Crippen LogP contribution in [0.5, 0.6) is 0 Å². The Bertz CT molecular complexity index is 305. The van der Waals surface area contributed by atoms with Gasteiger partial charge in [-0.25, -0.2) is 4.98 Å². The Labute approximate surface area is 91.3 Å². The molecule has 0 bridgehead atoms. The predicted octanol–water partition coefficient (Wildman–Crippen LogP) is 0.856. The molecule has 1 fully saturated rings. The van der Waals surface area contributed by atoms with Gasteiger partial charge < -0.3 is 14.8 Å². The van der Waals surface area contributed by atoms with E-state index in [0.717, 1.165) is 31.5 Å². The Kier molecular flexibility index (Phi) is 3.26. The summed E-state index contributed by atoms with van der Waals surface area (Å²) in [6.45, 7) is 3.39. The minimum Gasteiger partial charge on any atom is -0.342 e. The standard InChI is InChI=1S/C11H20N4/c1-12-8-10-4-3-6-15(9-10)11-13-5-7-14(11)2/h5,7,10,12H,3-4,6,8-9H2,1-2H3. The molecule has 4 nitrogen and oxygen atoms in total. The van der Waals surface area contributed by atoms with E-state index in [-0.39, 0.29) is 0 Å². The first kappa shape index (κ1) is 10.5. The fourth-order valence-electron chi connectivity index (χ4n) is 2.36. The molecule has 0 spiro atoms. The summed E-state index contributed by atoms with van der Waals surface area (Å²) >= 11 is 0. The lowest BCUT2D eigenvalue weighted by Crippen LogP contribution is -2.40. The third kappa shape index (κ3) is 2.31. The van der Waals surface area contributed by atoms with E-state index < -0.39 is 0 Å². The van der Waals surface area contributed by atoms with E-state index in [4.69, 9.17) is 0 Å². The summed E-state index contributed by atoms with van der Waals surface area (Å²) in [7, 11) is 4.09. The average molecular weight is 208 g/mol. The van der Waals surface area contributed by atoms with Crippen LogP contribution in [-0.4, -0.2) is 36.2 Å². The highest BCUT2D eigenvalue weighted by Crippen LogP contribution is 2.20. The van der Waals surface area contributed by atoms with Gasteiger partial charge in [-0.1, -0.05) is 0 Å². The van der Waals surface area contributed by atoms with Gasteiger partial charge in [-0.2, -0.15) is 0 Å². The van der Waals surface area contributed by atoms with Crippen LogP contribution in [0, 0.1) is 5.92 Å². The number of hydrogen-bond donors (Lipinski definition) is 1. The van der Waals surface area contributed by atoms with Gasteiger partial charge in [-0.3, -0.25) is 0 Å². The molecule has 1 unspecified atom stereocenters. The zero-order valence-corrected chi connectivity index (χ0v) is 9.61.